The molecule has 12 N–H and O–H groups in total. The van der Waals surface area contributed by atoms with E-state index in [-0.39, 0.29) is 82.4 Å². The lowest BCUT2D eigenvalue weighted by Crippen LogP contribution is -2.53. The minimum atomic E-state index is -1.48. The molecule has 5 amide bonds. The summed E-state index contributed by atoms with van der Waals surface area (Å²) in [4.78, 5) is 109. The van der Waals surface area contributed by atoms with Crippen molar-refractivity contribution in [2.45, 2.75) is 152 Å². The maximum Gasteiger partial charge on any atom is 0.326 e. The molecule has 0 aliphatic carbocycles. The van der Waals surface area contributed by atoms with Crippen molar-refractivity contribution < 1.29 is 70.7 Å². The van der Waals surface area contributed by atoms with Gasteiger partial charge in [0.1, 0.15) is 27.7 Å². The molecular formula is C48H79N7O14S2. The van der Waals surface area contributed by atoms with Crippen LogP contribution in [0.2, 0.25) is 1.41 Å². The van der Waals surface area contributed by atoms with Crippen molar-refractivity contribution in [2.75, 3.05) is 57.6 Å². The van der Waals surface area contributed by atoms with Crippen LogP contribution in [0.3, 0.4) is 0 Å². The molecule has 402 valence electrons. The van der Waals surface area contributed by atoms with Crippen molar-refractivity contribution in [1.29, 1.82) is 0 Å². The predicted octanol–water partition coefficient (Wildman–Crippen LogP) is 1.94. The number of carbonyl (C=O) groups excluding carboxylic acids is 7. The topological polar surface area (TPSA) is 345 Å². The maximum absolute atomic E-state index is 12.8. The van der Waals surface area contributed by atoms with E-state index >= 15 is 0 Å². The van der Waals surface area contributed by atoms with Gasteiger partial charge in [0, 0.05) is 37.3 Å². The molecule has 71 heavy (non-hydrogen) atoms. The number of ketones is 1. The number of carboxylic acids is 2. The Morgan fingerprint density at radius 2 is 1.28 bits per heavy atom. The molecule has 0 radical (unpaired) electrons. The Morgan fingerprint density at radius 1 is 0.704 bits per heavy atom. The molecule has 0 saturated carbocycles. The summed E-state index contributed by atoms with van der Waals surface area (Å²) in [5.41, 5.74) is 8.49. The molecule has 0 heterocycles. The third kappa shape index (κ3) is 35.2. The molecule has 0 unspecified atom stereocenters. The summed E-state index contributed by atoms with van der Waals surface area (Å²) in [6.45, 7) is -1.45. The molecule has 0 aliphatic rings. The number of Topliss-reactive ketones (excluding diaryl/α,β-unsaturated/α-hetero) is 1. The van der Waals surface area contributed by atoms with E-state index in [4.69, 9.17) is 23.1 Å². The third-order valence-corrected chi connectivity index (χ3v) is 13.3. The Morgan fingerprint density at radius 3 is 1.85 bits per heavy atom. The number of unbranched alkanes of at least 4 members (excludes halogenated alkanes) is 13. The Labute approximate surface area is 428 Å². The van der Waals surface area contributed by atoms with E-state index in [1.165, 1.54) is 32.1 Å². The van der Waals surface area contributed by atoms with E-state index in [1.54, 1.807) is 0 Å². The van der Waals surface area contributed by atoms with Crippen molar-refractivity contribution >= 4 is 75.1 Å². The van der Waals surface area contributed by atoms with Crippen LogP contribution in [0.15, 0.2) is 30.3 Å². The Balaban J connectivity index is 2.20. The van der Waals surface area contributed by atoms with Crippen LogP contribution in [0, 0.1) is 0 Å². The maximum atomic E-state index is 12.8. The van der Waals surface area contributed by atoms with Gasteiger partial charge in [-0.25, -0.2) is 4.79 Å². The number of ether oxygens (including phenoxy) is 2. The average Bonchev–Trinajstić information content (AvgIpc) is 3.35. The summed E-state index contributed by atoms with van der Waals surface area (Å²) in [6.07, 6.45) is 14.0. The van der Waals surface area contributed by atoms with Gasteiger partial charge in [0.2, 0.25) is 29.5 Å². The van der Waals surface area contributed by atoms with E-state index in [2.05, 4.69) is 32.3 Å². The lowest BCUT2D eigenvalue weighted by Gasteiger charge is -2.19. The van der Waals surface area contributed by atoms with Gasteiger partial charge in [0.15, 0.2) is 5.78 Å². The van der Waals surface area contributed by atoms with Crippen LogP contribution in [0.1, 0.15) is 123 Å². The number of nitrogens with two attached hydrogens (primary N) is 2. The van der Waals surface area contributed by atoms with Gasteiger partial charge in [-0.3, -0.25) is 38.9 Å². The zero-order valence-corrected chi connectivity index (χ0v) is 42.4. The van der Waals surface area contributed by atoms with Crippen molar-refractivity contribution in [2.24, 2.45) is 11.5 Å². The number of carboxylic acid groups (broad SMARTS) is 2. The number of aldehydes is 1. The van der Waals surface area contributed by atoms with E-state index < -0.39 is 91.0 Å². The van der Waals surface area contributed by atoms with Crippen LogP contribution in [0.25, 0.3) is 0 Å². The third-order valence-electron chi connectivity index (χ3n) is 10.9. The van der Waals surface area contributed by atoms with Crippen molar-refractivity contribution in [3.8, 4) is 0 Å². The number of hydrogen-bond acceptors (Lipinski definition) is 16. The Kier molecular flexibility index (Phi) is 35.8. The monoisotopic (exact) mass is 1040 g/mol. The van der Waals surface area contributed by atoms with Gasteiger partial charge >= 0.3 is 11.9 Å². The molecule has 0 spiro atoms. The Bertz CT molecular complexity index is 1800. The molecule has 1 rings (SSSR count). The quantitative estimate of drug-likeness (QED) is 0.0253. The van der Waals surface area contributed by atoms with Gasteiger partial charge in [-0.05, 0) is 31.2 Å². The number of carbonyl (C=O) groups is 9. The standard InChI is InChI=1S/C48H79N7O14S2/c49-37(41(58)29-52-39(46(50)64)28-35-18-14-13-15-19-35)34-71-70-33-36(30-56)53-47(65)40(31-57)55-44(61)32-69-27-26-68-25-24-51-42(59)23-22-38(48(66)67)54-43(60)20-16-11-9-7-5-3-1-2-4-6-8-10-12-17-21-45(62)63/h13-15,18-19,30,36-40,52,57H,1-12,16-17,20-29,31-34,49H2,(H2,50,64)(H,51,59)(H,53,65)(H,54,60)(H,55,61)(H,62,63)(H,66,67)/t36-,37+,38+,39+,40+/m1/s1/i30D/hT. The fourth-order valence-corrected chi connectivity index (χ4v) is 9.02. The lowest BCUT2D eigenvalue weighted by atomic mass is 10.0. The summed E-state index contributed by atoms with van der Waals surface area (Å²) in [5.74, 6) is -5.59. The Hall–Kier alpha value is -4.65. The van der Waals surface area contributed by atoms with Gasteiger partial charge in [-0.15, -0.1) is 0 Å². The molecule has 0 aliphatic heterocycles. The highest BCUT2D eigenvalue weighted by Crippen LogP contribution is 2.22. The summed E-state index contributed by atoms with van der Waals surface area (Å²) in [5, 5.41) is 40.5. The molecular weight excluding hydrogens is 963 g/mol. The van der Waals surface area contributed by atoms with Crippen LogP contribution < -0.4 is 38.0 Å². The summed E-state index contributed by atoms with van der Waals surface area (Å²) in [6, 6.07) is 3.28. The minimum Gasteiger partial charge on any atom is -0.481 e. The van der Waals surface area contributed by atoms with E-state index in [1.807, 2.05) is 30.3 Å². The smallest absolute Gasteiger partial charge is 0.326 e. The molecule has 23 heteroatoms. The van der Waals surface area contributed by atoms with Crippen LogP contribution in [-0.4, -0.2) is 157 Å². The van der Waals surface area contributed by atoms with Crippen molar-refractivity contribution in [3.63, 3.8) is 0 Å². The number of aliphatic carboxylic acids is 2. The lowest BCUT2D eigenvalue weighted by molar-refractivity contribution is -0.142. The largest absolute Gasteiger partial charge is 0.481 e. The number of aliphatic hydroxyl groups excluding tert-OH is 1. The van der Waals surface area contributed by atoms with Gasteiger partial charge < -0.3 is 62.3 Å². The highest BCUT2D eigenvalue weighted by molar-refractivity contribution is 8.76. The fraction of sp³-hybridized carbons (Fsp3) is 0.688. The van der Waals surface area contributed by atoms with Crippen molar-refractivity contribution in [1.82, 2.24) is 26.6 Å². The first-order valence-electron chi connectivity index (χ1n) is 25.5. The van der Waals surface area contributed by atoms with E-state index in [9.17, 15) is 53.4 Å². The first-order chi connectivity index (χ1) is 35.1. The number of primary amides is 1. The predicted molar refractivity (Wildman–Crippen MR) is 271 cm³/mol. The second-order valence-electron chi connectivity index (χ2n) is 17.0. The SMILES string of the molecule is [2H]C(=O)[C@H](CSSC[C@H](N[3H])C(=O)CN[C@@H](Cc1ccccc1)C(N)=O)NC(=O)[C@H](CO)NC(=O)COCCOCCNC(=O)CC[C@H](NC(=O)CCCCCCCCCCCCCCCCC(=O)O)C(=O)O. The molecule has 1 aromatic rings. The normalized spacial score (nSPS) is 13.6. The first kappa shape index (κ1) is 60.7. The molecule has 0 aromatic heterocycles. The summed E-state index contributed by atoms with van der Waals surface area (Å²) in [7, 11) is 2.13. The molecule has 0 fully saturated rings. The van der Waals surface area contributed by atoms with Gasteiger partial charge in [0.25, 0.3) is 0 Å². The molecule has 1 aromatic carbocycles. The molecule has 0 saturated heterocycles. The van der Waals surface area contributed by atoms with Crippen LogP contribution in [0.5, 0.6) is 0 Å². The number of benzene rings is 1. The zero-order valence-electron chi connectivity index (χ0n) is 42.8. The second kappa shape index (κ2) is 41.9. The molecule has 0 bridgehead atoms. The van der Waals surface area contributed by atoms with Crippen LogP contribution in [-0.2, 0) is 59.0 Å². The highest BCUT2D eigenvalue weighted by atomic mass is 33.1. The number of hydrogen-bond donors (Lipinski definition) is 10. The van der Waals surface area contributed by atoms with Gasteiger partial charge in [0.05, 0.1) is 51.1 Å². The molecule has 21 nitrogen and oxygen atoms in total. The fourth-order valence-electron chi connectivity index (χ4n) is 6.82. The minimum absolute atomic E-state index is 0.0269. The highest BCUT2D eigenvalue weighted by Gasteiger charge is 2.24. The summed E-state index contributed by atoms with van der Waals surface area (Å²) < 4.78 is 25.8. The van der Waals surface area contributed by atoms with Gasteiger partial charge in [-0.2, -0.15) is 0 Å². The van der Waals surface area contributed by atoms with Crippen molar-refractivity contribution in [3.05, 3.63) is 35.9 Å². The summed E-state index contributed by atoms with van der Waals surface area (Å²) >= 11 is 0. The number of aliphatic hydroxyl groups is 1. The first-order valence-corrected chi connectivity index (χ1v) is 26.9. The van der Waals surface area contributed by atoms with Crippen LogP contribution in [0.4, 0.5) is 0 Å². The number of amides is 5. The average molecular weight is 1050 g/mol. The second-order valence-corrected chi connectivity index (χ2v) is 19.5. The van der Waals surface area contributed by atoms with Crippen LogP contribution >= 0.6 is 21.6 Å². The van der Waals surface area contributed by atoms with E-state index in [0.717, 1.165) is 78.5 Å². The van der Waals surface area contributed by atoms with Gasteiger partial charge in [-0.1, -0.05) is 129 Å². The molecule has 5 atom stereocenters. The number of nitrogens with one attached hydrogen (secondary N) is 5. The van der Waals surface area contributed by atoms with E-state index in [0.29, 0.717) is 6.42 Å². The number of rotatable bonds is 48. The zero-order chi connectivity index (χ0) is 54.1.